The summed E-state index contributed by atoms with van der Waals surface area (Å²) in [6.07, 6.45) is 1.80. The van der Waals surface area contributed by atoms with Crippen LogP contribution in [-0.4, -0.2) is 32.0 Å². The summed E-state index contributed by atoms with van der Waals surface area (Å²) >= 11 is 0. The van der Waals surface area contributed by atoms with E-state index in [2.05, 4.69) is 5.32 Å². The van der Waals surface area contributed by atoms with Crippen LogP contribution in [0, 0.1) is 0 Å². The first kappa shape index (κ1) is 9.99. The minimum absolute atomic E-state index is 0.175. The second-order valence-corrected chi connectivity index (χ2v) is 5.61. The van der Waals surface area contributed by atoms with Crippen molar-refractivity contribution in [1.82, 2.24) is 5.32 Å². The van der Waals surface area contributed by atoms with Crippen LogP contribution >= 0.6 is 0 Å². The predicted octanol–water partition coefficient (Wildman–Crippen LogP) is 0.562. The zero-order valence-electron chi connectivity index (χ0n) is 7.71. The lowest BCUT2D eigenvalue weighted by molar-refractivity contribution is 0.424. The van der Waals surface area contributed by atoms with Crippen molar-refractivity contribution in [2.24, 2.45) is 0 Å². The van der Waals surface area contributed by atoms with Crippen LogP contribution in [0.5, 0.6) is 0 Å². The van der Waals surface area contributed by atoms with Gasteiger partial charge < -0.3 is 5.32 Å². The molecule has 4 heteroatoms. The molecule has 1 heterocycles. The summed E-state index contributed by atoms with van der Waals surface area (Å²) in [5, 5.41) is 3.33. The molecule has 1 saturated heterocycles. The molecule has 2 unspecified atom stereocenters. The van der Waals surface area contributed by atoms with E-state index >= 15 is 0 Å². The summed E-state index contributed by atoms with van der Waals surface area (Å²) in [6, 6.07) is 0.349. The third kappa shape index (κ3) is 2.45. The van der Waals surface area contributed by atoms with Crippen LogP contribution in [0.25, 0.3) is 0 Å². The SMILES string of the molecule is CCC1CS(=O)(=O)CC(CC)N1. The summed E-state index contributed by atoms with van der Waals surface area (Å²) in [5.41, 5.74) is 0. The Balaban J connectivity index is 2.66. The van der Waals surface area contributed by atoms with Gasteiger partial charge in [-0.3, -0.25) is 0 Å². The topological polar surface area (TPSA) is 46.2 Å². The molecular formula is C8H17NO2S. The van der Waals surface area contributed by atoms with Crippen molar-refractivity contribution in [3.05, 3.63) is 0 Å². The lowest BCUT2D eigenvalue weighted by Gasteiger charge is -2.29. The zero-order chi connectivity index (χ0) is 9.19. The Bertz CT molecular complexity index is 217. The highest BCUT2D eigenvalue weighted by Gasteiger charge is 2.28. The van der Waals surface area contributed by atoms with Crippen molar-refractivity contribution < 1.29 is 8.42 Å². The minimum atomic E-state index is -2.77. The molecule has 0 saturated carbocycles. The van der Waals surface area contributed by atoms with Gasteiger partial charge in [0.15, 0.2) is 9.84 Å². The Morgan fingerprint density at radius 3 is 1.92 bits per heavy atom. The highest BCUT2D eigenvalue weighted by molar-refractivity contribution is 7.91. The van der Waals surface area contributed by atoms with Gasteiger partial charge in [0.2, 0.25) is 0 Å². The van der Waals surface area contributed by atoms with Crippen LogP contribution in [0.4, 0.5) is 0 Å². The first-order valence-electron chi connectivity index (χ1n) is 4.54. The Hall–Kier alpha value is -0.0900. The van der Waals surface area contributed by atoms with Crippen molar-refractivity contribution >= 4 is 9.84 Å². The van der Waals surface area contributed by atoms with Crippen LogP contribution in [0.2, 0.25) is 0 Å². The van der Waals surface area contributed by atoms with Gasteiger partial charge in [-0.05, 0) is 12.8 Å². The summed E-state index contributed by atoms with van der Waals surface area (Å²) in [6.45, 7) is 4.04. The van der Waals surface area contributed by atoms with Gasteiger partial charge >= 0.3 is 0 Å². The summed E-state index contributed by atoms with van der Waals surface area (Å²) in [4.78, 5) is 0. The van der Waals surface area contributed by atoms with Gasteiger partial charge in [-0.25, -0.2) is 8.42 Å². The molecule has 0 aliphatic carbocycles. The van der Waals surface area contributed by atoms with Gasteiger partial charge in [-0.1, -0.05) is 13.8 Å². The van der Waals surface area contributed by atoms with E-state index in [1.165, 1.54) is 0 Å². The van der Waals surface area contributed by atoms with Gasteiger partial charge in [0.25, 0.3) is 0 Å². The summed E-state index contributed by atoms with van der Waals surface area (Å²) < 4.78 is 22.7. The fraction of sp³-hybridized carbons (Fsp3) is 1.00. The molecule has 1 rings (SSSR count). The maximum Gasteiger partial charge on any atom is 0.153 e. The second kappa shape index (κ2) is 3.75. The van der Waals surface area contributed by atoms with Gasteiger partial charge in [0.05, 0.1) is 11.5 Å². The molecule has 2 atom stereocenters. The minimum Gasteiger partial charge on any atom is -0.309 e. The molecule has 1 N–H and O–H groups in total. The number of hydrogen-bond acceptors (Lipinski definition) is 3. The third-order valence-corrected chi connectivity index (χ3v) is 4.19. The van der Waals surface area contributed by atoms with Crippen LogP contribution < -0.4 is 5.32 Å². The quantitative estimate of drug-likeness (QED) is 0.694. The Labute approximate surface area is 74.5 Å². The lowest BCUT2D eigenvalue weighted by Crippen LogP contribution is -2.51. The predicted molar refractivity (Wildman–Crippen MR) is 49.9 cm³/mol. The molecule has 0 radical (unpaired) electrons. The zero-order valence-corrected chi connectivity index (χ0v) is 8.52. The van der Waals surface area contributed by atoms with Gasteiger partial charge in [-0.2, -0.15) is 0 Å². The average Bonchev–Trinajstić information content (AvgIpc) is 2.01. The fourth-order valence-corrected chi connectivity index (χ4v) is 3.61. The molecule has 0 aromatic rings. The van der Waals surface area contributed by atoms with E-state index in [1.54, 1.807) is 0 Å². The molecule has 1 fully saturated rings. The Kier molecular flexibility index (Phi) is 3.12. The van der Waals surface area contributed by atoms with E-state index in [-0.39, 0.29) is 12.1 Å². The van der Waals surface area contributed by atoms with Crippen LogP contribution in [-0.2, 0) is 9.84 Å². The molecule has 0 amide bonds. The summed E-state index contributed by atoms with van der Waals surface area (Å²) in [5.74, 6) is 0.639. The molecule has 0 bridgehead atoms. The Morgan fingerprint density at radius 1 is 1.17 bits per heavy atom. The summed E-state index contributed by atoms with van der Waals surface area (Å²) in [7, 11) is -2.77. The standard InChI is InChI=1S/C8H17NO2S/c1-3-7-5-12(10,11)6-8(4-2)9-7/h7-9H,3-6H2,1-2H3. The van der Waals surface area contributed by atoms with Crippen LogP contribution in [0.1, 0.15) is 26.7 Å². The molecule has 1 aliphatic heterocycles. The number of sulfone groups is 1. The normalized spacial score (nSPS) is 34.8. The smallest absolute Gasteiger partial charge is 0.153 e. The second-order valence-electron chi connectivity index (χ2n) is 3.45. The molecular weight excluding hydrogens is 174 g/mol. The van der Waals surface area contributed by atoms with E-state index in [0.29, 0.717) is 11.5 Å². The largest absolute Gasteiger partial charge is 0.309 e. The van der Waals surface area contributed by atoms with E-state index in [4.69, 9.17) is 0 Å². The molecule has 72 valence electrons. The molecule has 0 spiro atoms. The maximum absolute atomic E-state index is 11.3. The van der Waals surface area contributed by atoms with Crippen molar-refractivity contribution in [3.63, 3.8) is 0 Å². The van der Waals surface area contributed by atoms with Crippen LogP contribution in [0.15, 0.2) is 0 Å². The molecule has 0 aromatic carbocycles. The number of rotatable bonds is 2. The van der Waals surface area contributed by atoms with Gasteiger partial charge in [0.1, 0.15) is 0 Å². The van der Waals surface area contributed by atoms with E-state index < -0.39 is 9.84 Å². The first-order valence-corrected chi connectivity index (χ1v) is 6.36. The highest BCUT2D eigenvalue weighted by atomic mass is 32.2. The van der Waals surface area contributed by atoms with Crippen molar-refractivity contribution in [1.29, 1.82) is 0 Å². The van der Waals surface area contributed by atoms with Crippen molar-refractivity contribution in [3.8, 4) is 0 Å². The fourth-order valence-electron chi connectivity index (χ4n) is 1.58. The maximum atomic E-state index is 11.3. The van der Waals surface area contributed by atoms with E-state index in [9.17, 15) is 8.42 Å². The molecule has 12 heavy (non-hydrogen) atoms. The first-order chi connectivity index (χ1) is 5.57. The van der Waals surface area contributed by atoms with Crippen molar-refractivity contribution in [2.75, 3.05) is 11.5 Å². The Morgan fingerprint density at radius 2 is 1.58 bits per heavy atom. The molecule has 0 aromatic heterocycles. The van der Waals surface area contributed by atoms with Crippen LogP contribution in [0.3, 0.4) is 0 Å². The average molecular weight is 191 g/mol. The number of nitrogens with one attached hydrogen (secondary N) is 1. The van der Waals surface area contributed by atoms with E-state index in [0.717, 1.165) is 12.8 Å². The molecule has 1 aliphatic rings. The van der Waals surface area contributed by atoms with Gasteiger partial charge in [-0.15, -0.1) is 0 Å². The molecule has 3 nitrogen and oxygen atoms in total. The lowest BCUT2D eigenvalue weighted by atomic mass is 10.2. The monoisotopic (exact) mass is 191 g/mol. The number of hydrogen-bond donors (Lipinski definition) is 1. The van der Waals surface area contributed by atoms with Crippen molar-refractivity contribution in [2.45, 2.75) is 38.8 Å². The third-order valence-electron chi connectivity index (χ3n) is 2.37. The van der Waals surface area contributed by atoms with E-state index in [1.807, 2.05) is 13.8 Å². The van der Waals surface area contributed by atoms with Gasteiger partial charge in [0, 0.05) is 12.1 Å². The highest BCUT2D eigenvalue weighted by Crippen LogP contribution is 2.10.